The number of rotatable bonds is 1. The Morgan fingerprint density at radius 3 is 3.00 bits per heavy atom. The fourth-order valence-corrected chi connectivity index (χ4v) is 1.16. The molecule has 0 radical (unpaired) electrons. The molecule has 70 valence electrons. The molecule has 2 N–H and O–H groups in total. The summed E-state index contributed by atoms with van der Waals surface area (Å²) in [5.74, 6) is 0.316. The molecule has 14 heavy (non-hydrogen) atoms. The Labute approximate surface area is 79.4 Å². The summed E-state index contributed by atoms with van der Waals surface area (Å²) in [6.45, 7) is 0. The van der Waals surface area contributed by atoms with Crippen molar-refractivity contribution in [1.82, 2.24) is 9.97 Å². The maximum Gasteiger partial charge on any atom is 0.410 e. The van der Waals surface area contributed by atoms with E-state index in [1.807, 2.05) is 0 Å². The zero-order valence-electron chi connectivity index (χ0n) is 7.14. The monoisotopic (exact) mass is 189 g/mol. The molecule has 0 aliphatic heterocycles. The molecule has 0 fully saturated rings. The first-order valence-corrected chi connectivity index (χ1v) is 3.95. The van der Waals surface area contributed by atoms with Crippen LogP contribution >= 0.6 is 0 Å². The minimum absolute atomic E-state index is 0.316. The zero-order valence-corrected chi connectivity index (χ0v) is 7.14. The van der Waals surface area contributed by atoms with Crippen molar-refractivity contribution >= 4 is 22.7 Å². The van der Waals surface area contributed by atoms with Crippen LogP contribution in [0.4, 0.5) is 10.6 Å². The molecule has 2 aromatic heterocycles. The van der Waals surface area contributed by atoms with Gasteiger partial charge in [-0.1, -0.05) is 0 Å². The van der Waals surface area contributed by atoms with Gasteiger partial charge in [0.05, 0.1) is 0 Å². The van der Waals surface area contributed by atoms with Gasteiger partial charge in [-0.2, -0.15) is 0 Å². The van der Waals surface area contributed by atoms with Crippen LogP contribution in [0, 0.1) is 0 Å². The van der Waals surface area contributed by atoms with Crippen LogP contribution in [0.5, 0.6) is 0 Å². The smallest absolute Gasteiger partial charge is 0.410 e. The van der Waals surface area contributed by atoms with Gasteiger partial charge in [0.25, 0.3) is 0 Å². The van der Waals surface area contributed by atoms with Gasteiger partial charge in [0.15, 0.2) is 0 Å². The summed E-state index contributed by atoms with van der Waals surface area (Å²) in [7, 11) is 0. The minimum Gasteiger partial charge on any atom is -0.465 e. The topological polar surface area (TPSA) is 75.1 Å². The van der Waals surface area contributed by atoms with Crippen LogP contribution in [-0.4, -0.2) is 21.2 Å². The fourth-order valence-electron chi connectivity index (χ4n) is 1.16. The normalized spacial score (nSPS) is 10.0. The second-order valence-electron chi connectivity index (χ2n) is 2.72. The second-order valence-corrected chi connectivity index (χ2v) is 2.72. The molecule has 1 amide bonds. The van der Waals surface area contributed by atoms with Crippen molar-refractivity contribution in [3.05, 3.63) is 30.7 Å². The van der Waals surface area contributed by atoms with Gasteiger partial charge >= 0.3 is 6.09 Å². The highest BCUT2D eigenvalue weighted by Crippen LogP contribution is 2.14. The van der Waals surface area contributed by atoms with E-state index in [0.29, 0.717) is 5.82 Å². The number of carboxylic acid groups (broad SMARTS) is 1. The van der Waals surface area contributed by atoms with E-state index in [9.17, 15) is 4.79 Å². The molecule has 2 rings (SSSR count). The Bertz CT molecular complexity index is 484. The number of hydrogen-bond donors (Lipinski definition) is 2. The van der Waals surface area contributed by atoms with Crippen molar-refractivity contribution in [2.45, 2.75) is 0 Å². The van der Waals surface area contributed by atoms with Crippen molar-refractivity contribution in [2.24, 2.45) is 0 Å². The first-order chi connectivity index (χ1) is 6.75. The summed E-state index contributed by atoms with van der Waals surface area (Å²) in [6, 6.07) is 3.45. The van der Waals surface area contributed by atoms with Crippen LogP contribution in [0.25, 0.3) is 10.8 Å². The molecule has 2 heterocycles. The summed E-state index contributed by atoms with van der Waals surface area (Å²) >= 11 is 0. The Hall–Kier alpha value is -2.17. The van der Waals surface area contributed by atoms with Gasteiger partial charge in [-0.15, -0.1) is 0 Å². The van der Waals surface area contributed by atoms with Crippen LogP contribution in [0.15, 0.2) is 30.7 Å². The van der Waals surface area contributed by atoms with Crippen molar-refractivity contribution in [3.63, 3.8) is 0 Å². The molecule has 2 aromatic rings. The van der Waals surface area contributed by atoms with E-state index < -0.39 is 6.09 Å². The quantitative estimate of drug-likeness (QED) is 0.716. The summed E-state index contributed by atoms with van der Waals surface area (Å²) < 4.78 is 0. The Kier molecular flexibility index (Phi) is 1.98. The van der Waals surface area contributed by atoms with Crippen LogP contribution in [0.1, 0.15) is 0 Å². The van der Waals surface area contributed by atoms with E-state index >= 15 is 0 Å². The van der Waals surface area contributed by atoms with Crippen molar-refractivity contribution in [2.75, 3.05) is 5.32 Å². The predicted molar refractivity (Wildman–Crippen MR) is 51.2 cm³/mol. The zero-order chi connectivity index (χ0) is 9.97. The van der Waals surface area contributed by atoms with Gasteiger partial charge in [-0.05, 0) is 17.5 Å². The summed E-state index contributed by atoms with van der Waals surface area (Å²) in [5, 5.41) is 12.4. The molecule has 0 bridgehead atoms. The Morgan fingerprint density at radius 1 is 1.36 bits per heavy atom. The Balaban J connectivity index is 2.46. The molecular weight excluding hydrogens is 182 g/mol. The van der Waals surface area contributed by atoms with Crippen LogP contribution < -0.4 is 5.32 Å². The highest BCUT2D eigenvalue weighted by Gasteiger charge is 2.00. The van der Waals surface area contributed by atoms with Crippen LogP contribution in [0.2, 0.25) is 0 Å². The first kappa shape index (κ1) is 8.43. The number of hydrogen-bond acceptors (Lipinski definition) is 3. The van der Waals surface area contributed by atoms with Crippen LogP contribution in [-0.2, 0) is 0 Å². The maximum atomic E-state index is 10.3. The molecule has 0 atom stereocenters. The number of pyridine rings is 2. The number of nitrogens with one attached hydrogen (secondary N) is 1. The third-order valence-electron chi connectivity index (χ3n) is 1.76. The lowest BCUT2D eigenvalue weighted by Crippen LogP contribution is -2.08. The highest BCUT2D eigenvalue weighted by molar-refractivity contribution is 5.87. The molecule has 0 saturated heterocycles. The fraction of sp³-hybridized carbons (Fsp3) is 0. The molecule has 0 unspecified atom stereocenters. The van der Waals surface area contributed by atoms with E-state index in [4.69, 9.17) is 5.11 Å². The van der Waals surface area contributed by atoms with Crippen LogP contribution in [0.3, 0.4) is 0 Å². The molecule has 0 aliphatic carbocycles. The molecule has 5 nitrogen and oxygen atoms in total. The summed E-state index contributed by atoms with van der Waals surface area (Å²) in [5.41, 5.74) is 0. The second kappa shape index (κ2) is 3.29. The Morgan fingerprint density at radius 2 is 2.21 bits per heavy atom. The van der Waals surface area contributed by atoms with Gasteiger partial charge in [0.2, 0.25) is 0 Å². The third kappa shape index (κ3) is 1.61. The van der Waals surface area contributed by atoms with Gasteiger partial charge < -0.3 is 5.11 Å². The van der Waals surface area contributed by atoms with Crippen molar-refractivity contribution in [1.29, 1.82) is 0 Å². The van der Waals surface area contributed by atoms with Crippen molar-refractivity contribution < 1.29 is 9.90 Å². The maximum absolute atomic E-state index is 10.3. The lowest BCUT2D eigenvalue weighted by molar-refractivity contribution is 0.209. The molecular formula is C9H7N3O2. The molecule has 0 spiro atoms. The predicted octanol–water partition coefficient (Wildman–Crippen LogP) is 1.72. The number of carbonyl (C=O) groups is 1. The molecule has 0 aromatic carbocycles. The van der Waals surface area contributed by atoms with Gasteiger partial charge in [-0.25, -0.2) is 9.78 Å². The van der Waals surface area contributed by atoms with Gasteiger partial charge in [-0.3, -0.25) is 10.3 Å². The number of fused-ring (bicyclic) bond motifs is 1. The van der Waals surface area contributed by atoms with E-state index in [1.54, 1.807) is 30.7 Å². The lowest BCUT2D eigenvalue weighted by atomic mass is 10.2. The summed E-state index contributed by atoms with van der Waals surface area (Å²) in [6.07, 6.45) is 3.78. The number of amides is 1. The van der Waals surface area contributed by atoms with E-state index in [-0.39, 0.29) is 0 Å². The molecule has 0 saturated carbocycles. The van der Waals surface area contributed by atoms with E-state index in [0.717, 1.165) is 10.8 Å². The van der Waals surface area contributed by atoms with E-state index in [2.05, 4.69) is 15.3 Å². The van der Waals surface area contributed by atoms with Gasteiger partial charge in [0.1, 0.15) is 5.82 Å². The number of aromatic nitrogens is 2. The largest absolute Gasteiger partial charge is 0.465 e. The minimum atomic E-state index is -1.12. The average molecular weight is 189 g/mol. The molecule has 0 aliphatic rings. The molecule has 5 heteroatoms. The average Bonchev–Trinajstić information content (AvgIpc) is 2.17. The number of nitrogens with zero attached hydrogens (tertiary/aromatic N) is 2. The summed E-state index contributed by atoms with van der Waals surface area (Å²) in [4.78, 5) is 18.2. The third-order valence-corrected chi connectivity index (χ3v) is 1.76. The standard InChI is InChI=1S/C9H7N3O2/c13-9(14)12-8-3-6-1-2-10-4-7(6)5-11-8/h1-5H,(H,11,12)(H,13,14). The lowest BCUT2D eigenvalue weighted by Gasteiger charge is -2.00. The van der Waals surface area contributed by atoms with Crippen molar-refractivity contribution in [3.8, 4) is 0 Å². The first-order valence-electron chi connectivity index (χ1n) is 3.95. The van der Waals surface area contributed by atoms with Gasteiger partial charge in [0, 0.05) is 24.0 Å². The SMILES string of the molecule is O=C(O)Nc1cc2ccncc2cn1. The number of anilines is 1. The van der Waals surface area contributed by atoms with E-state index in [1.165, 1.54) is 0 Å². The highest BCUT2D eigenvalue weighted by atomic mass is 16.4.